The smallest absolute Gasteiger partial charge is 0.0159 e. The third-order valence-corrected chi connectivity index (χ3v) is 15.8. The zero-order valence-electron chi connectivity index (χ0n) is 37.3. The van der Waals surface area contributed by atoms with E-state index >= 15 is 0 Å². The molecule has 0 spiro atoms. The Hall–Kier alpha value is -8.32. The average Bonchev–Trinajstić information content (AvgIpc) is 3.97. The highest BCUT2D eigenvalue weighted by molar-refractivity contribution is 6.30. The lowest BCUT2D eigenvalue weighted by molar-refractivity contribution is 0.661. The first-order valence-electron chi connectivity index (χ1n) is 23.7. The molecule has 12 aromatic carbocycles. The molecule has 67 heavy (non-hydrogen) atoms. The van der Waals surface area contributed by atoms with Crippen molar-refractivity contribution in [1.82, 2.24) is 0 Å². The lowest BCUT2D eigenvalue weighted by Crippen LogP contribution is -2.14. The normalized spacial score (nSPS) is 13.3. The Balaban J connectivity index is 1.10. The predicted molar refractivity (Wildman–Crippen MR) is 285 cm³/mol. The van der Waals surface area contributed by atoms with Crippen LogP contribution in [0.5, 0.6) is 0 Å². The van der Waals surface area contributed by atoms with Gasteiger partial charge in [0.1, 0.15) is 0 Å². The van der Waals surface area contributed by atoms with Crippen LogP contribution >= 0.6 is 0 Å². The Bertz CT molecular complexity index is 4090. The van der Waals surface area contributed by atoms with Crippen LogP contribution < -0.4 is 0 Å². The standard InChI is InChI=1S/C67H42/c1-67(2)61-25-11-10-20-47(61)57-37-59-60(38-62(57)67)66(55-35-33-53-46-19-9-7-17-44(46)49-22-13-24-51(55)64(49)53)58-36-42(41-28-26-40(27-29-41)39-14-4-3-5-15-39)30-31-56(58)65(59)54-34-32-52-45-18-8-6-16-43(45)48-21-12-23-50(54)63(48)52/h3-38H,1-2H3. The predicted octanol–water partition coefficient (Wildman–Crippen LogP) is 18.6. The van der Waals surface area contributed by atoms with Crippen LogP contribution in [0.2, 0.25) is 0 Å². The highest BCUT2D eigenvalue weighted by atomic mass is 14.4. The van der Waals surface area contributed by atoms with Crippen molar-refractivity contribution in [2.75, 3.05) is 0 Å². The summed E-state index contributed by atoms with van der Waals surface area (Å²) in [5.41, 5.74) is 25.8. The van der Waals surface area contributed by atoms with Crippen LogP contribution in [-0.2, 0) is 5.41 Å². The van der Waals surface area contributed by atoms with E-state index in [1.807, 2.05) is 0 Å². The van der Waals surface area contributed by atoms with Crippen LogP contribution in [0.1, 0.15) is 25.0 Å². The van der Waals surface area contributed by atoms with Gasteiger partial charge in [-0.3, -0.25) is 0 Å². The molecular formula is C67H42. The van der Waals surface area contributed by atoms with Crippen LogP contribution in [0.3, 0.4) is 0 Å². The summed E-state index contributed by atoms with van der Waals surface area (Å²) < 4.78 is 0. The molecule has 0 unspecified atom stereocenters. The molecule has 0 heterocycles. The van der Waals surface area contributed by atoms with Crippen molar-refractivity contribution in [1.29, 1.82) is 0 Å². The molecule has 0 atom stereocenters. The van der Waals surface area contributed by atoms with Crippen LogP contribution in [-0.4, -0.2) is 0 Å². The fourth-order valence-corrected chi connectivity index (χ4v) is 12.7. The Morgan fingerprint density at radius 2 is 0.642 bits per heavy atom. The number of hydrogen-bond donors (Lipinski definition) is 0. The van der Waals surface area contributed by atoms with Gasteiger partial charge in [-0.15, -0.1) is 0 Å². The first-order valence-corrected chi connectivity index (χ1v) is 23.7. The van der Waals surface area contributed by atoms with Crippen molar-refractivity contribution in [2.24, 2.45) is 0 Å². The number of hydrogen-bond acceptors (Lipinski definition) is 0. The van der Waals surface area contributed by atoms with Crippen molar-refractivity contribution >= 4 is 43.1 Å². The summed E-state index contributed by atoms with van der Waals surface area (Å²) in [6.45, 7) is 4.83. The van der Waals surface area contributed by atoms with Gasteiger partial charge in [0, 0.05) is 5.41 Å². The monoisotopic (exact) mass is 846 g/mol. The van der Waals surface area contributed by atoms with Crippen molar-refractivity contribution in [3.63, 3.8) is 0 Å². The van der Waals surface area contributed by atoms with Gasteiger partial charge in [0.15, 0.2) is 0 Å². The summed E-state index contributed by atoms with van der Waals surface area (Å²) >= 11 is 0. The Labute approximate surface area is 390 Å². The Kier molecular flexibility index (Phi) is 7.38. The van der Waals surface area contributed by atoms with Gasteiger partial charge in [-0.05, 0) is 173 Å². The molecule has 0 saturated heterocycles. The fourth-order valence-electron chi connectivity index (χ4n) is 12.7. The third-order valence-electron chi connectivity index (χ3n) is 15.8. The van der Waals surface area contributed by atoms with Gasteiger partial charge in [0.2, 0.25) is 0 Å². The van der Waals surface area contributed by atoms with Crippen molar-refractivity contribution in [2.45, 2.75) is 19.3 Å². The van der Waals surface area contributed by atoms with E-state index in [0.717, 1.165) is 0 Å². The van der Waals surface area contributed by atoms with E-state index in [4.69, 9.17) is 0 Å². The number of benzene rings is 12. The number of rotatable bonds is 4. The van der Waals surface area contributed by atoms with E-state index in [-0.39, 0.29) is 5.41 Å². The Morgan fingerprint density at radius 1 is 0.224 bits per heavy atom. The Morgan fingerprint density at radius 3 is 1.24 bits per heavy atom. The molecule has 0 bridgehead atoms. The largest absolute Gasteiger partial charge is 0.0622 e. The highest BCUT2D eigenvalue weighted by Crippen LogP contribution is 2.57. The zero-order valence-corrected chi connectivity index (χ0v) is 37.3. The first-order chi connectivity index (χ1) is 33.0. The molecule has 0 amide bonds. The summed E-state index contributed by atoms with van der Waals surface area (Å²) in [6.07, 6.45) is 0. The van der Waals surface area contributed by atoms with E-state index < -0.39 is 0 Å². The summed E-state index contributed by atoms with van der Waals surface area (Å²) in [4.78, 5) is 0. The molecule has 0 heteroatoms. The number of fused-ring (bicyclic) bond motifs is 11. The van der Waals surface area contributed by atoms with E-state index in [9.17, 15) is 0 Å². The summed E-state index contributed by atoms with van der Waals surface area (Å²) in [5, 5.41) is 10.4. The fraction of sp³-hybridized carbons (Fsp3) is 0.0448. The van der Waals surface area contributed by atoms with Gasteiger partial charge in [0.05, 0.1) is 0 Å². The van der Waals surface area contributed by atoms with E-state index in [0.29, 0.717) is 0 Å². The molecule has 15 rings (SSSR count). The SMILES string of the molecule is CC1(C)c2ccccc2-c2cc3c(-c4ccc5c6c(cccc46)-c4ccccc4-5)c4ccc(-c5ccc(-c6ccccc6)cc5)cc4c(-c4ccc5c6c(cccc46)-c4ccccc4-5)c3cc21. The van der Waals surface area contributed by atoms with Gasteiger partial charge in [0.25, 0.3) is 0 Å². The molecule has 3 aliphatic carbocycles. The maximum Gasteiger partial charge on any atom is 0.0159 e. The average molecular weight is 847 g/mol. The highest BCUT2D eigenvalue weighted by Gasteiger charge is 2.37. The van der Waals surface area contributed by atoms with Crippen molar-refractivity contribution < 1.29 is 0 Å². The minimum absolute atomic E-state index is 0.174. The van der Waals surface area contributed by atoms with Gasteiger partial charge in [-0.25, -0.2) is 0 Å². The lowest BCUT2D eigenvalue weighted by atomic mass is 9.78. The van der Waals surface area contributed by atoms with Crippen molar-refractivity contribution in [3.8, 4) is 100 Å². The molecule has 12 aromatic rings. The molecule has 0 aromatic heterocycles. The molecule has 0 fully saturated rings. The minimum atomic E-state index is -0.174. The molecule has 0 N–H and O–H groups in total. The summed E-state index contributed by atoms with van der Waals surface area (Å²) in [6, 6.07) is 82.8. The third kappa shape index (κ3) is 4.97. The second-order valence-electron chi connectivity index (χ2n) is 19.4. The molecule has 0 aliphatic heterocycles. The minimum Gasteiger partial charge on any atom is -0.0622 e. The van der Waals surface area contributed by atoms with Crippen LogP contribution in [0.25, 0.3) is 143 Å². The molecule has 0 nitrogen and oxygen atoms in total. The maximum absolute atomic E-state index is 2.60. The summed E-state index contributed by atoms with van der Waals surface area (Å²) in [7, 11) is 0. The summed E-state index contributed by atoms with van der Waals surface area (Å²) in [5.74, 6) is 0. The van der Waals surface area contributed by atoms with Crippen molar-refractivity contribution in [3.05, 3.63) is 230 Å². The van der Waals surface area contributed by atoms with E-state index in [2.05, 4.69) is 232 Å². The van der Waals surface area contributed by atoms with Gasteiger partial charge >= 0.3 is 0 Å². The lowest BCUT2D eigenvalue weighted by Gasteiger charge is -2.25. The van der Waals surface area contributed by atoms with Gasteiger partial charge in [-0.1, -0.05) is 214 Å². The van der Waals surface area contributed by atoms with Gasteiger partial charge in [-0.2, -0.15) is 0 Å². The molecule has 0 saturated carbocycles. The topological polar surface area (TPSA) is 0 Å². The van der Waals surface area contributed by atoms with Gasteiger partial charge < -0.3 is 0 Å². The molecule has 3 aliphatic rings. The molecule has 0 radical (unpaired) electrons. The van der Waals surface area contributed by atoms with Crippen LogP contribution in [0.4, 0.5) is 0 Å². The molecular weight excluding hydrogens is 805 g/mol. The van der Waals surface area contributed by atoms with Crippen LogP contribution in [0.15, 0.2) is 218 Å². The van der Waals surface area contributed by atoms with Crippen LogP contribution in [0, 0.1) is 0 Å². The second-order valence-corrected chi connectivity index (χ2v) is 19.4. The maximum atomic E-state index is 2.60. The van der Waals surface area contributed by atoms with E-state index in [1.165, 1.54) is 154 Å². The first kappa shape index (κ1) is 37.0. The molecule has 310 valence electrons. The quantitative estimate of drug-likeness (QED) is 0.155. The van der Waals surface area contributed by atoms with E-state index in [1.54, 1.807) is 0 Å². The zero-order chi connectivity index (χ0) is 44.1. The second kappa shape index (κ2) is 13.4.